The number of hydrogen-bond donors (Lipinski definition) is 1. The van der Waals surface area contributed by atoms with Gasteiger partial charge in [0.05, 0.1) is 0 Å². The maximum atomic E-state index is 12.0. The Labute approximate surface area is 94.6 Å². The van der Waals surface area contributed by atoms with E-state index in [1.54, 1.807) is 24.9 Å². The standard InChI is InChI=1S/C11H17N3O2/c1-7-5-9(13-16-7)11(15)14(2)10(6-12)8-3-4-8/h5,8,10H,3-4,6,12H2,1-2H3. The first-order chi connectivity index (χ1) is 7.63. The Kier molecular flexibility index (Phi) is 2.96. The Morgan fingerprint density at radius 3 is 2.88 bits per heavy atom. The van der Waals surface area contributed by atoms with E-state index in [-0.39, 0.29) is 11.9 Å². The first-order valence-corrected chi connectivity index (χ1v) is 5.54. The van der Waals surface area contributed by atoms with Gasteiger partial charge in [-0.25, -0.2) is 0 Å². The first kappa shape index (κ1) is 11.1. The summed E-state index contributed by atoms with van der Waals surface area (Å²) in [6.45, 7) is 2.27. The van der Waals surface area contributed by atoms with Gasteiger partial charge >= 0.3 is 0 Å². The Morgan fingerprint density at radius 1 is 1.75 bits per heavy atom. The van der Waals surface area contributed by atoms with Crippen LogP contribution in [0.25, 0.3) is 0 Å². The molecule has 1 aliphatic rings. The lowest BCUT2D eigenvalue weighted by molar-refractivity contribution is 0.0708. The van der Waals surface area contributed by atoms with Gasteiger partial charge in [-0.2, -0.15) is 0 Å². The topological polar surface area (TPSA) is 72.4 Å². The Morgan fingerprint density at radius 2 is 2.44 bits per heavy atom. The van der Waals surface area contributed by atoms with E-state index in [0.717, 1.165) is 12.8 Å². The summed E-state index contributed by atoms with van der Waals surface area (Å²) in [6.07, 6.45) is 2.33. The predicted octanol–water partition coefficient (Wildman–Crippen LogP) is 0.792. The summed E-state index contributed by atoms with van der Waals surface area (Å²) >= 11 is 0. The van der Waals surface area contributed by atoms with Crippen LogP contribution in [0.1, 0.15) is 29.1 Å². The van der Waals surface area contributed by atoms with Crippen LogP contribution in [-0.4, -0.2) is 35.6 Å². The SMILES string of the molecule is Cc1cc(C(=O)N(C)C(CN)C2CC2)no1. The van der Waals surface area contributed by atoms with Crippen molar-refractivity contribution in [2.24, 2.45) is 11.7 Å². The van der Waals surface area contributed by atoms with Crippen molar-refractivity contribution >= 4 is 5.91 Å². The van der Waals surface area contributed by atoms with Crippen molar-refractivity contribution in [2.75, 3.05) is 13.6 Å². The highest BCUT2D eigenvalue weighted by Crippen LogP contribution is 2.34. The van der Waals surface area contributed by atoms with E-state index >= 15 is 0 Å². The van der Waals surface area contributed by atoms with Crippen molar-refractivity contribution in [3.05, 3.63) is 17.5 Å². The van der Waals surface area contributed by atoms with E-state index in [9.17, 15) is 4.79 Å². The van der Waals surface area contributed by atoms with E-state index < -0.39 is 0 Å². The molecule has 1 aliphatic carbocycles. The highest BCUT2D eigenvalue weighted by molar-refractivity contribution is 5.92. The largest absolute Gasteiger partial charge is 0.361 e. The van der Waals surface area contributed by atoms with Crippen LogP contribution in [-0.2, 0) is 0 Å². The van der Waals surface area contributed by atoms with Crippen molar-refractivity contribution in [3.63, 3.8) is 0 Å². The first-order valence-electron chi connectivity index (χ1n) is 5.54. The second-order valence-electron chi connectivity index (χ2n) is 4.38. The van der Waals surface area contributed by atoms with Crippen molar-refractivity contribution in [3.8, 4) is 0 Å². The zero-order valence-corrected chi connectivity index (χ0v) is 9.64. The maximum Gasteiger partial charge on any atom is 0.276 e. The summed E-state index contributed by atoms with van der Waals surface area (Å²) in [6, 6.07) is 1.78. The molecular weight excluding hydrogens is 206 g/mol. The zero-order chi connectivity index (χ0) is 11.7. The van der Waals surface area contributed by atoms with Gasteiger partial charge in [0.2, 0.25) is 0 Å². The van der Waals surface area contributed by atoms with Crippen LogP contribution in [0.4, 0.5) is 0 Å². The summed E-state index contributed by atoms with van der Waals surface area (Å²) in [5.41, 5.74) is 6.06. The molecule has 1 aromatic rings. The highest BCUT2D eigenvalue weighted by Gasteiger charge is 2.35. The summed E-state index contributed by atoms with van der Waals surface area (Å²) in [4.78, 5) is 13.7. The molecule has 1 heterocycles. The smallest absolute Gasteiger partial charge is 0.276 e. The van der Waals surface area contributed by atoms with Gasteiger partial charge < -0.3 is 15.2 Å². The van der Waals surface area contributed by atoms with E-state index in [1.165, 1.54) is 0 Å². The Balaban J connectivity index is 2.08. The van der Waals surface area contributed by atoms with Gasteiger partial charge in [0.25, 0.3) is 5.91 Å². The maximum absolute atomic E-state index is 12.0. The molecule has 0 spiro atoms. The number of carbonyl (C=O) groups is 1. The minimum absolute atomic E-state index is 0.112. The molecule has 0 aromatic carbocycles. The van der Waals surface area contributed by atoms with Gasteiger partial charge in [-0.05, 0) is 25.7 Å². The highest BCUT2D eigenvalue weighted by atomic mass is 16.5. The van der Waals surface area contributed by atoms with Crippen molar-refractivity contribution in [1.29, 1.82) is 0 Å². The average Bonchev–Trinajstić information content (AvgIpc) is 3.00. The molecule has 0 saturated heterocycles. The Hall–Kier alpha value is -1.36. The van der Waals surface area contributed by atoms with Gasteiger partial charge in [-0.15, -0.1) is 0 Å². The second-order valence-corrected chi connectivity index (χ2v) is 4.38. The van der Waals surface area contributed by atoms with Crippen LogP contribution >= 0.6 is 0 Å². The zero-order valence-electron chi connectivity index (χ0n) is 9.64. The summed E-state index contributed by atoms with van der Waals surface area (Å²) < 4.78 is 4.90. The normalized spacial score (nSPS) is 17.2. The third-order valence-electron chi connectivity index (χ3n) is 3.07. The lowest BCUT2D eigenvalue weighted by atomic mass is 10.1. The predicted molar refractivity (Wildman–Crippen MR) is 58.9 cm³/mol. The molecule has 5 heteroatoms. The monoisotopic (exact) mass is 223 g/mol. The molecule has 1 saturated carbocycles. The number of rotatable bonds is 4. The number of carbonyl (C=O) groups excluding carboxylic acids is 1. The van der Waals surface area contributed by atoms with E-state index in [0.29, 0.717) is 23.9 Å². The number of nitrogens with zero attached hydrogens (tertiary/aromatic N) is 2. The molecule has 0 aliphatic heterocycles. The molecule has 1 unspecified atom stereocenters. The van der Waals surface area contributed by atoms with Gasteiger partial charge in [0.1, 0.15) is 5.76 Å². The van der Waals surface area contributed by atoms with Crippen molar-refractivity contribution < 1.29 is 9.32 Å². The molecule has 0 radical (unpaired) electrons. The molecule has 5 nitrogen and oxygen atoms in total. The lowest BCUT2D eigenvalue weighted by Gasteiger charge is -2.26. The van der Waals surface area contributed by atoms with Gasteiger partial charge in [0.15, 0.2) is 5.69 Å². The van der Waals surface area contributed by atoms with Crippen LogP contribution in [0.15, 0.2) is 10.6 Å². The van der Waals surface area contributed by atoms with E-state index in [1.807, 2.05) is 0 Å². The minimum Gasteiger partial charge on any atom is -0.361 e. The van der Waals surface area contributed by atoms with Gasteiger partial charge in [0, 0.05) is 25.7 Å². The minimum atomic E-state index is -0.112. The number of likely N-dealkylation sites (N-methyl/N-ethyl adjacent to an activating group) is 1. The summed E-state index contributed by atoms with van der Waals surface area (Å²) in [5.74, 6) is 1.10. The fraction of sp³-hybridized carbons (Fsp3) is 0.636. The number of nitrogens with two attached hydrogens (primary N) is 1. The summed E-state index contributed by atoms with van der Waals surface area (Å²) in [5, 5.41) is 3.73. The number of amides is 1. The molecule has 88 valence electrons. The van der Waals surface area contributed by atoms with E-state index in [4.69, 9.17) is 10.3 Å². The van der Waals surface area contributed by atoms with Crippen LogP contribution < -0.4 is 5.73 Å². The summed E-state index contributed by atoms with van der Waals surface area (Å²) in [7, 11) is 1.78. The quantitative estimate of drug-likeness (QED) is 0.819. The number of aryl methyl sites for hydroxylation is 1. The van der Waals surface area contributed by atoms with Crippen LogP contribution in [0.2, 0.25) is 0 Å². The molecule has 1 fully saturated rings. The van der Waals surface area contributed by atoms with Crippen LogP contribution in [0, 0.1) is 12.8 Å². The Bertz CT molecular complexity index is 384. The fourth-order valence-corrected chi connectivity index (χ4v) is 1.95. The van der Waals surface area contributed by atoms with Crippen LogP contribution in [0.5, 0.6) is 0 Å². The average molecular weight is 223 g/mol. The molecule has 2 rings (SSSR count). The van der Waals surface area contributed by atoms with Gasteiger partial charge in [-0.1, -0.05) is 5.16 Å². The lowest BCUT2D eigenvalue weighted by Crippen LogP contribution is -2.43. The molecule has 1 aromatic heterocycles. The van der Waals surface area contributed by atoms with Crippen LogP contribution in [0.3, 0.4) is 0 Å². The van der Waals surface area contributed by atoms with Gasteiger partial charge in [-0.3, -0.25) is 4.79 Å². The third kappa shape index (κ3) is 2.09. The fourth-order valence-electron chi connectivity index (χ4n) is 1.95. The van der Waals surface area contributed by atoms with Crippen molar-refractivity contribution in [2.45, 2.75) is 25.8 Å². The molecule has 1 atom stereocenters. The molecule has 16 heavy (non-hydrogen) atoms. The molecular formula is C11H17N3O2. The third-order valence-corrected chi connectivity index (χ3v) is 3.07. The van der Waals surface area contributed by atoms with E-state index in [2.05, 4.69) is 5.16 Å². The molecule has 2 N–H and O–H groups in total. The molecule has 0 bridgehead atoms. The van der Waals surface area contributed by atoms with Crippen molar-refractivity contribution in [1.82, 2.24) is 10.1 Å². The number of hydrogen-bond acceptors (Lipinski definition) is 4. The second kappa shape index (κ2) is 4.25. The molecule has 1 amide bonds. The number of aromatic nitrogens is 1.